The summed E-state index contributed by atoms with van der Waals surface area (Å²) in [5.74, 6) is 0.878. The number of hydrogen-bond acceptors (Lipinski definition) is 2. The number of nitrogens with one attached hydrogen (secondary N) is 1. The summed E-state index contributed by atoms with van der Waals surface area (Å²) in [5, 5.41) is 0.680. The van der Waals surface area contributed by atoms with Gasteiger partial charge in [-0.2, -0.15) is 0 Å². The van der Waals surface area contributed by atoms with E-state index in [0.717, 1.165) is 15.9 Å². The van der Waals surface area contributed by atoms with Crippen molar-refractivity contribution in [2.75, 3.05) is 0 Å². The Morgan fingerprint density at radius 1 is 1.44 bits per heavy atom. The minimum absolute atomic E-state index is 0.110. The first-order valence-corrected chi connectivity index (χ1v) is 6.02. The highest BCUT2D eigenvalue weighted by atomic mass is 79.9. The van der Waals surface area contributed by atoms with Gasteiger partial charge in [0, 0.05) is 34.4 Å². The van der Waals surface area contributed by atoms with Crippen molar-refractivity contribution in [3.8, 4) is 0 Å². The van der Waals surface area contributed by atoms with Gasteiger partial charge in [-0.05, 0) is 23.8 Å². The molecule has 0 aliphatic rings. The molecule has 84 valence electrons. The maximum Gasteiger partial charge on any atom is 0.107 e. The van der Waals surface area contributed by atoms with Crippen LogP contribution in [0.1, 0.15) is 17.4 Å². The SMILES string of the molecule is NC(Cc1ncc[nH]1)c1cc(Cl)cc(Br)c1. The maximum absolute atomic E-state index is 6.08. The van der Waals surface area contributed by atoms with E-state index in [-0.39, 0.29) is 6.04 Å². The third-order valence-corrected chi connectivity index (χ3v) is 2.96. The Morgan fingerprint density at radius 2 is 2.25 bits per heavy atom. The van der Waals surface area contributed by atoms with Gasteiger partial charge >= 0.3 is 0 Å². The molecule has 1 heterocycles. The standard InChI is InChI=1S/C11H11BrClN3/c12-8-3-7(4-9(13)5-8)10(14)6-11-15-1-2-16-11/h1-5,10H,6,14H2,(H,15,16). The van der Waals surface area contributed by atoms with E-state index in [9.17, 15) is 0 Å². The van der Waals surface area contributed by atoms with Crippen LogP contribution >= 0.6 is 27.5 Å². The molecule has 1 unspecified atom stereocenters. The van der Waals surface area contributed by atoms with Crippen LogP contribution in [0.15, 0.2) is 35.1 Å². The van der Waals surface area contributed by atoms with E-state index in [2.05, 4.69) is 25.9 Å². The van der Waals surface area contributed by atoms with E-state index in [0.29, 0.717) is 11.4 Å². The lowest BCUT2D eigenvalue weighted by Gasteiger charge is -2.11. The predicted octanol–water partition coefficient (Wildman–Crippen LogP) is 3.07. The molecule has 3 nitrogen and oxygen atoms in total. The van der Waals surface area contributed by atoms with Gasteiger partial charge in [0.25, 0.3) is 0 Å². The average Bonchev–Trinajstić information content (AvgIpc) is 2.68. The van der Waals surface area contributed by atoms with Crippen LogP contribution in [-0.4, -0.2) is 9.97 Å². The molecule has 0 aliphatic carbocycles. The Labute approximate surface area is 107 Å². The summed E-state index contributed by atoms with van der Waals surface area (Å²) >= 11 is 9.36. The van der Waals surface area contributed by atoms with Crippen LogP contribution in [0.5, 0.6) is 0 Å². The van der Waals surface area contributed by atoms with Gasteiger partial charge in [0.1, 0.15) is 5.82 Å². The zero-order valence-corrected chi connectivity index (χ0v) is 10.8. The first-order valence-electron chi connectivity index (χ1n) is 4.85. The number of hydrogen-bond donors (Lipinski definition) is 2. The Bertz CT molecular complexity index is 450. The molecule has 0 saturated carbocycles. The van der Waals surface area contributed by atoms with Crippen molar-refractivity contribution >= 4 is 27.5 Å². The highest BCUT2D eigenvalue weighted by Crippen LogP contribution is 2.24. The van der Waals surface area contributed by atoms with Crippen molar-refractivity contribution in [2.24, 2.45) is 5.73 Å². The second kappa shape index (κ2) is 4.99. The largest absolute Gasteiger partial charge is 0.349 e. The van der Waals surface area contributed by atoms with Gasteiger partial charge in [-0.3, -0.25) is 0 Å². The fourth-order valence-corrected chi connectivity index (χ4v) is 2.41. The van der Waals surface area contributed by atoms with E-state index in [4.69, 9.17) is 17.3 Å². The molecular formula is C11H11BrClN3. The van der Waals surface area contributed by atoms with Crippen molar-refractivity contribution in [1.82, 2.24) is 9.97 Å². The normalized spacial score (nSPS) is 12.7. The number of aromatic nitrogens is 2. The molecule has 0 bridgehead atoms. The Kier molecular flexibility index (Phi) is 3.63. The van der Waals surface area contributed by atoms with Gasteiger partial charge < -0.3 is 10.7 Å². The van der Waals surface area contributed by atoms with Gasteiger partial charge in [0.2, 0.25) is 0 Å². The lowest BCUT2D eigenvalue weighted by Crippen LogP contribution is -2.14. The summed E-state index contributed by atoms with van der Waals surface area (Å²) in [6, 6.07) is 5.57. The summed E-state index contributed by atoms with van der Waals surface area (Å²) in [5.41, 5.74) is 7.08. The van der Waals surface area contributed by atoms with Crippen LogP contribution in [0.3, 0.4) is 0 Å². The van der Waals surface area contributed by atoms with Crippen molar-refractivity contribution < 1.29 is 0 Å². The number of halogens is 2. The molecule has 1 aromatic heterocycles. The smallest absolute Gasteiger partial charge is 0.107 e. The van der Waals surface area contributed by atoms with E-state index in [1.807, 2.05) is 18.2 Å². The molecule has 0 amide bonds. The molecular weight excluding hydrogens is 289 g/mol. The Morgan fingerprint density at radius 3 is 2.88 bits per heavy atom. The minimum Gasteiger partial charge on any atom is -0.349 e. The van der Waals surface area contributed by atoms with Crippen molar-refractivity contribution in [3.63, 3.8) is 0 Å². The third kappa shape index (κ3) is 2.84. The number of rotatable bonds is 3. The fourth-order valence-electron chi connectivity index (χ4n) is 1.52. The Hall–Kier alpha value is -0.840. The van der Waals surface area contributed by atoms with Gasteiger partial charge in [-0.15, -0.1) is 0 Å². The van der Waals surface area contributed by atoms with Crippen LogP contribution in [0.2, 0.25) is 5.02 Å². The molecule has 1 aromatic carbocycles. The molecule has 2 rings (SSSR count). The van der Waals surface area contributed by atoms with Gasteiger partial charge in [-0.25, -0.2) is 4.98 Å². The first kappa shape index (κ1) is 11.6. The van der Waals surface area contributed by atoms with Crippen LogP contribution < -0.4 is 5.73 Å². The zero-order chi connectivity index (χ0) is 11.5. The highest BCUT2D eigenvalue weighted by molar-refractivity contribution is 9.10. The molecule has 1 atom stereocenters. The molecule has 0 spiro atoms. The molecule has 0 saturated heterocycles. The van der Waals surface area contributed by atoms with E-state index >= 15 is 0 Å². The Balaban J connectivity index is 2.17. The number of benzene rings is 1. The third-order valence-electron chi connectivity index (χ3n) is 2.28. The van der Waals surface area contributed by atoms with Gasteiger partial charge in [0.15, 0.2) is 0 Å². The van der Waals surface area contributed by atoms with Crippen LogP contribution in [0.4, 0.5) is 0 Å². The second-order valence-electron chi connectivity index (χ2n) is 3.55. The molecule has 3 N–H and O–H groups in total. The number of aromatic amines is 1. The van der Waals surface area contributed by atoms with Crippen molar-refractivity contribution in [2.45, 2.75) is 12.5 Å². The minimum atomic E-state index is -0.110. The molecule has 0 fully saturated rings. The zero-order valence-electron chi connectivity index (χ0n) is 8.45. The topological polar surface area (TPSA) is 54.7 Å². The number of nitrogens with two attached hydrogens (primary N) is 1. The predicted molar refractivity (Wildman–Crippen MR) is 68.4 cm³/mol. The summed E-state index contributed by atoms with van der Waals surface area (Å²) in [6.07, 6.45) is 4.17. The van der Waals surface area contributed by atoms with Crippen LogP contribution in [-0.2, 0) is 6.42 Å². The fraction of sp³-hybridized carbons (Fsp3) is 0.182. The van der Waals surface area contributed by atoms with Crippen LogP contribution in [0.25, 0.3) is 0 Å². The lowest BCUT2D eigenvalue weighted by molar-refractivity contribution is 0.694. The quantitative estimate of drug-likeness (QED) is 0.915. The van der Waals surface area contributed by atoms with Crippen molar-refractivity contribution in [3.05, 3.63) is 51.5 Å². The highest BCUT2D eigenvalue weighted by Gasteiger charge is 2.10. The van der Waals surface area contributed by atoms with Crippen molar-refractivity contribution in [1.29, 1.82) is 0 Å². The molecule has 16 heavy (non-hydrogen) atoms. The maximum atomic E-state index is 6.08. The number of imidazole rings is 1. The second-order valence-corrected chi connectivity index (χ2v) is 4.90. The molecule has 0 aliphatic heterocycles. The molecule has 2 aromatic rings. The molecule has 5 heteroatoms. The van der Waals surface area contributed by atoms with Crippen LogP contribution in [0, 0.1) is 0 Å². The number of nitrogens with zero attached hydrogens (tertiary/aromatic N) is 1. The van der Waals surface area contributed by atoms with E-state index in [1.165, 1.54) is 0 Å². The summed E-state index contributed by atoms with van der Waals surface area (Å²) in [6.45, 7) is 0. The lowest BCUT2D eigenvalue weighted by atomic mass is 10.0. The average molecular weight is 301 g/mol. The van der Waals surface area contributed by atoms with Gasteiger partial charge in [-0.1, -0.05) is 27.5 Å². The number of H-pyrrole nitrogens is 1. The van der Waals surface area contributed by atoms with E-state index < -0.39 is 0 Å². The molecule has 0 radical (unpaired) electrons. The summed E-state index contributed by atoms with van der Waals surface area (Å²) in [4.78, 5) is 7.18. The van der Waals surface area contributed by atoms with E-state index in [1.54, 1.807) is 12.4 Å². The summed E-state index contributed by atoms with van der Waals surface area (Å²) in [7, 11) is 0. The van der Waals surface area contributed by atoms with Gasteiger partial charge in [0.05, 0.1) is 0 Å². The summed E-state index contributed by atoms with van der Waals surface area (Å²) < 4.78 is 0.935. The first-order chi connectivity index (χ1) is 7.65. The monoisotopic (exact) mass is 299 g/mol.